The predicted molar refractivity (Wildman–Crippen MR) is 126 cm³/mol. The highest BCUT2D eigenvalue weighted by atomic mass is 16.5. The molecule has 7 nitrogen and oxygen atoms in total. The van der Waals surface area contributed by atoms with E-state index in [4.69, 9.17) is 14.5 Å². The highest BCUT2D eigenvalue weighted by Gasteiger charge is 2.24. The molecule has 1 amide bonds. The Hall–Kier alpha value is -3.32. The summed E-state index contributed by atoms with van der Waals surface area (Å²) in [5.74, 6) is 1.51. The summed E-state index contributed by atoms with van der Waals surface area (Å²) < 4.78 is 13.2. The van der Waals surface area contributed by atoms with E-state index in [1.165, 1.54) is 0 Å². The summed E-state index contributed by atoms with van der Waals surface area (Å²) in [5, 5.41) is 4.10. The Morgan fingerprint density at radius 2 is 2.03 bits per heavy atom. The molecule has 4 aromatic rings. The maximum atomic E-state index is 12.8. The number of aromatic amines is 1. The number of fused-ring (bicyclic) bond motifs is 2. The molecule has 2 aromatic carbocycles. The van der Waals surface area contributed by atoms with Crippen molar-refractivity contribution in [2.45, 2.75) is 32.9 Å². The Morgan fingerprint density at radius 3 is 2.81 bits per heavy atom. The van der Waals surface area contributed by atoms with E-state index in [9.17, 15) is 4.79 Å². The van der Waals surface area contributed by atoms with E-state index in [1.807, 2.05) is 54.7 Å². The lowest BCUT2D eigenvalue weighted by Gasteiger charge is -2.22. The van der Waals surface area contributed by atoms with Crippen LogP contribution in [-0.2, 0) is 16.1 Å². The van der Waals surface area contributed by atoms with Crippen molar-refractivity contribution in [2.75, 3.05) is 20.3 Å². The molecular formula is C25H30N4O3. The van der Waals surface area contributed by atoms with Crippen LogP contribution in [0.5, 0.6) is 5.75 Å². The van der Waals surface area contributed by atoms with E-state index in [0.717, 1.165) is 40.7 Å². The number of ether oxygens (including phenoxy) is 2. The molecule has 0 fully saturated rings. The molecule has 0 aliphatic heterocycles. The minimum absolute atomic E-state index is 0.0600. The first kappa shape index (κ1) is 21.9. The van der Waals surface area contributed by atoms with Crippen LogP contribution in [0, 0.1) is 5.92 Å². The lowest BCUT2D eigenvalue weighted by atomic mass is 9.98. The number of benzene rings is 2. The second-order valence-corrected chi connectivity index (χ2v) is 8.05. The molecule has 2 N–H and O–H groups in total. The lowest BCUT2D eigenvalue weighted by molar-refractivity contribution is -0.124. The standard InChI is InChI=1S/C25H30N4O3/c1-4-17(2)24(25-26-19-8-5-6-9-20(19)27-25)28-23(30)16-32-22-11-7-10-21-18(22)12-13-29(21)14-15-31-3/h5-13,17,24H,4,14-16H2,1-3H3,(H,26,27)(H,28,30)/t17-,24-/m1/s1. The van der Waals surface area contributed by atoms with Gasteiger partial charge in [0.2, 0.25) is 0 Å². The van der Waals surface area contributed by atoms with Gasteiger partial charge in [-0.25, -0.2) is 4.98 Å². The van der Waals surface area contributed by atoms with Crippen molar-refractivity contribution in [3.05, 3.63) is 60.6 Å². The quantitative estimate of drug-likeness (QED) is 0.386. The van der Waals surface area contributed by atoms with E-state index in [2.05, 4.69) is 28.7 Å². The van der Waals surface area contributed by atoms with Crippen molar-refractivity contribution in [1.82, 2.24) is 19.9 Å². The number of hydrogen-bond donors (Lipinski definition) is 2. The number of aromatic nitrogens is 3. The fraction of sp³-hybridized carbons (Fsp3) is 0.360. The van der Waals surface area contributed by atoms with E-state index in [0.29, 0.717) is 12.4 Å². The SMILES string of the molecule is CC[C@@H](C)[C@@H](NC(=O)COc1cccc2c1ccn2CCOC)c1nc2ccccc2[nH]1. The Bertz CT molecular complexity index is 1160. The molecule has 32 heavy (non-hydrogen) atoms. The normalized spacial score (nSPS) is 13.3. The number of para-hydroxylation sites is 2. The Balaban J connectivity index is 1.46. The summed E-state index contributed by atoms with van der Waals surface area (Å²) in [5.41, 5.74) is 2.91. The smallest absolute Gasteiger partial charge is 0.258 e. The molecule has 7 heteroatoms. The largest absolute Gasteiger partial charge is 0.483 e. The summed E-state index contributed by atoms with van der Waals surface area (Å²) in [6, 6.07) is 15.6. The van der Waals surface area contributed by atoms with Crippen molar-refractivity contribution in [1.29, 1.82) is 0 Å². The second kappa shape index (κ2) is 9.87. The molecule has 0 aliphatic rings. The number of carbonyl (C=O) groups is 1. The van der Waals surface area contributed by atoms with Crippen molar-refractivity contribution >= 4 is 27.8 Å². The van der Waals surface area contributed by atoms with Gasteiger partial charge in [0.05, 0.1) is 29.2 Å². The van der Waals surface area contributed by atoms with Crippen LogP contribution in [0.2, 0.25) is 0 Å². The molecule has 0 bridgehead atoms. The van der Waals surface area contributed by atoms with Gasteiger partial charge < -0.3 is 24.3 Å². The summed E-state index contributed by atoms with van der Waals surface area (Å²) in [6.07, 6.45) is 2.92. The molecule has 0 spiro atoms. The average molecular weight is 435 g/mol. The molecule has 2 aromatic heterocycles. The number of amides is 1. The van der Waals surface area contributed by atoms with Gasteiger partial charge in [-0.2, -0.15) is 0 Å². The Kier molecular flexibility index (Phi) is 6.75. The molecule has 2 atom stereocenters. The van der Waals surface area contributed by atoms with Gasteiger partial charge in [-0.3, -0.25) is 4.79 Å². The van der Waals surface area contributed by atoms with E-state index in [1.54, 1.807) is 7.11 Å². The fourth-order valence-corrected chi connectivity index (χ4v) is 3.90. The molecule has 168 valence electrons. The average Bonchev–Trinajstić information content (AvgIpc) is 3.43. The van der Waals surface area contributed by atoms with Crippen molar-refractivity contribution in [2.24, 2.45) is 5.92 Å². The minimum Gasteiger partial charge on any atom is -0.483 e. The number of H-pyrrole nitrogens is 1. The number of rotatable bonds is 10. The first-order valence-corrected chi connectivity index (χ1v) is 11.0. The van der Waals surface area contributed by atoms with Gasteiger partial charge in [-0.05, 0) is 36.2 Å². The van der Waals surface area contributed by atoms with Crippen LogP contribution in [0.4, 0.5) is 0 Å². The van der Waals surface area contributed by atoms with Crippen molar-refractivity contribution < 1.29 is 14.3 Å². The minimum atomic E-state index is -0.214. The van der Waals surface area contributed by atoms with Gasteiger partial charge in [-0.15, -0.1) is 0 Å². The number of hydrogen-bond acceptors (Lipinski definition) is 4. The van der Waals surface area contributed by atoms with Gasteiger partial charge in [0.25, 0.3) is 5.91 Å². The zero-order valence-electron chi connectivity index (χ0n) is 18.8. The van der Waals surface area contributed by atoms with Crippen LogP contribution in [0.1, 0.15) is 32.1 Å². The predicted octanol–water partition coefficient (Wildman–Crippen LogP) is 4.45. The van der Waals surface area contributed by atoms with E-state index < -0.39 is 0 Å². The van der Waals surface area contributed by atoms with Gasteiger partial charge >= 0.3 is 0 Å². The monoisotopic (exact) mass is 434 g/mol. The van der Waals surface area contributed by atoms with Gasteiger partial charge in [0.1, 0.15) is 11.6 Å². The number of methoxy groups -OCH3 is 1. The fourth-order valence-electron chi connectivity index (χ4n) is 3.90. The maximum Gasteiger partial charge on any atom is 0.258 e. The first-order valence-electron chi connectivity index (χ1n) is 11.0. The van der Waals surface area contributed by atoms with Crippen molar-refractivity contribution in [3.63, 3.8) is 0 Å². The number of carbonyl (C=O) groups excluding carboxylic acids is 1. The van der Waals surface area contributed by atoms with Crippen LogP contribution >= 0.6 is 0 Å². The topological polar surface area (TPSA) is 81.2 Å². The third-order valence-corrected chi connectivity index (χ3v) is 5.90. The van der Waals surface area contributed by atoms with Crippen molar-refractivity contribution in [3.8, 4) is 5.75 Å². The third kappa shape index (κ3) is 4.62. The summed E-state index contributed by atoms with van der Waals surface area (Å²) in [4.78, 5) is 20.9. The van der Waals surface area contributed by atoms with Gasteiger partial charge in [0, 0.05) is 25.2 Å². The maximum absolute atomic E-state index is 12.8. The Labute approximate surface area is 187 Å². The van der Waals surface area contributed by atoms with Crippen LogP contribution in [-0.4, -0.2) is 40.8 Å². The van der Waals surface area contributed by atoms with Gasteiger partial charge in [-0.1, -0.05) is 38.5 Å². The number of nitrogens with one attached hydrogen (secondary N) is 2. The molecule has 0 saturated heterocycles. The van der Waals surface area contributed by atoms with E-state index in [-0.39, 0.29) is 24.5 Å². The zero-order chi connectivity index (χ0) is 22.5. The summed E-state index contributed by atoms with van der Waals surface area (Å²) >= 11 is 0. The molecule has 2 heterocycles. The Morgan fingerprint density at radius 1 is 1.19 bits per heavy atom. The lowest BCUT2D eigenvalue weighted by Crippen LogP contribution is -2.36. The molecular weight excluding hydrogens is 404 g/mol. The van der Waals surface area contributed by atoms with E-state index >= 15 is 0 Å². The van der Waals surface area contributed by atoms with Crippen LogP contribution in [0.3, 0.4) is 0 Å². The first-order chi connectivity index (χ1) is 15.6. The highest BCUT2D eigenvalue weighted by Crippen LogP contribution is 2.27. The van der Waals surface area contributed by atoms with Crippen LogP contribution in [0.25, 0.3) is 21.9 Å². The summed E-state index contributed by atoms with van der Waals surface area (Å²) in [7, 11) is 1.69. The second-order valence-electron chi connectivity index (χ2n) is 8.05. The molecule has 0 unspecified atom stereocenters. The van der Waals surface area contributed by atoms with Crippen LogP contribution < -0.4 is 10.1 Å². The van der Waals surface area contributed by atoms with Gasteiger partial charge in [0.15, 0.2) is 6.61 Å². The molecule has 4 rings (SSSR count). The molecule has 0 radical (unpaired) electrons. The third-order valence-electron chi connectivity index (χ3n) is 5.90. The molecule has 0 saturated carbocycles. The highest BCUT2D eigenvalue weighted by molar-refractivity contribution is 5.87. The zero-order valence-corrected chi connectivity index (χ0v) is 18.8. The number of imidazole rings is 1. The summed E-state index contributed by atoms with van der Waals surface area (Å²) in [6.45, 7) is 5.56. The molecule has 0 aliphatic carbocycles. The van der Waals surface area contributed by atoms with Crippen LogP contribution in [0.15, 0.2) is 54.7 Å². The number of nitrogens with zero attached hydrogens (tertiary/aromatic N) is 2.